The Balaban J connectivity index is 2.09. The third kappa shape index (κ3) is 3.15. The van der Waals surface area contributed by atoms with E-state index in [1.807, 2.05) is 19.2 Å². The van der Waals surface area contributed by atoms with Gasteiger partial charge in [-0.05, 0) is 49.1 Å². The number of nitrogen functional groups attached to an aromatic ring is 1. The highest BCUT2D eigenvalue weighted by Crippen LogP contribution is 2.40. The second-order valence-electron chi connectivity index (χ2n) is 6.56. The SMILES string of the molecule is Cc1cnc(OC2CC(C)CC(C)(C)C2)c(N)c1. The van der Waals surface area contributed by atoms with Gasteiger partial charge in [0.2, 0.25) is 5.88 Å². The molecule has 0 saturated heterocycles. The lowest BCUT2D eigenvalue weighted by atomic mass is 9.71. The van der Waals surface area contributed by atoms with E-state index < -0.39 is 0 Å². The fourth-order valence-electron chi connectivity index (χ4n) is 3.18. The quantitative estimate of drug-likeness (QED) is 0.870. The van der Waals surface area contributed by atoms with E-state index >= 15 is 0 Å². The van der Waals surface area contributed by atoms with E-state index in [1.165, 1.54) is 6.42 Å². The summed E-state index contributed by atoms with van der Waals surface area (Å²) in [5, 5.41) is 0. The number of anilines is 1. The van der Waals surface area contributed by atoms with Crippen LogP contribution in [0.4, 0.5) is 5.69 Å². The van der Waals surface area contributed by atoms with E-state index in [2.05, 4.69) is 25.8 Å². The fraction of sp³-hybridized carbons (Fsp3) is 0.667. The zero-order valence-corrected chi connectivity index (χ0v) is 11.9. The van der Waals surface area contributed by atoms with Crippen molar-refractivity contribution in [2.45, 2.75) is 53.1 Å². The maximum Gasteiger partial charge on any atom is 0.237 e. The van der Waals surface area contributed by atoms with Crippen LogP contribution in [0.2, 0.25) is 0 Å². The van der Waals surface area contributed by atoms with E-state index in [0.717, 1.165) is 18.4 Å². The molecular weight excluding hydrogens is 224 g/mol. The number of hydrogen-bond donors (Lipinski definition) is 1. The molecule has 1 heterocycles. The maximum atomic E-state index is 6.01. The maximum absolute atomic E-state index is 6.01. The molecular formula is C15H24N2O. The number of rotatable bonds is 2. The minimum Gasteiger partial charge on any atom is -0.473 e. The van der Waals surface area contributed by atoms with Crippen molar-refractivity contribution in [3.8, 4) is 5.88 Å². The molecule has 1 saturated carbocycles. The lowest BCUT2D eigenvalue weighted by molar-refractivity contribution is 0.0538. The minimum atomic E-state index is 0.237. The summed E-state index contributed by atoms with van der Waals surface area (Å²) in [6.45, 7) is 8.90. The average Bonchev–Trinajstić information content (AvgIpc) is 2.19. The van der Waals surface area contributed by atoms with Crippen LogP contribution in [0.1, 0.15) is 45.6 Å². The molecule has 1 aliphatic carbocycles. The second kappa shape index (κ2) is 4.79. The zero-order chi connectivity index (χ0) is 13.3. The molecule has 2 atom stereocenters. The fourth-order valence-corrected chi connectivity index (χ4v) is 3.18. The van der Waals surface area contributed by atoms with Gasteiger partial charge in [-0.2, -0.15) is 0 Å². The van der Waals surface area contributed by atoms with Gasteiger partial charge in [0.05, 0.1) is 5.69 Å². The highest BCUT2D eigenvalue weighted by molar-refractivity contribution is 5.49. The average molecular weight is 248 g/mol. The van der Waals surface area contributed by atoms with Gasteiger partial charge < -0.3 is 10.5 Å². The summed E-state index contributed by atoms with van der Waals surface area (Å²) < 4.78 is 6.01. The molecule has 0 spiro atoms. The first-order valence-electron chi connectivity index (χ1n) is 6.74. The lowest BCUT2D eigenvalue weighted by Crippen LogP contribution is -2.34. The molecule has 100 valence electrons. The monoisotopic (exact) mass is 248 g/mol. The second-order valence-corrected chi connectivity index (χ2v) is 6.56. The first-order valence-corrected chi connectivity index (χ1v) is 6.74. The van der Waals surface area contributed by atoms with E-state index in [0.29, 0.717) is 22.9 Å². The summed E-state index contributed by atoms with van der Waals surface area (Å²) in [5.74, 6) is 1.29. The van der Waals surface area contributed by atoms with Crippen LogP contribution in [0.15, 0.2) is 12.3 Å². The Hall–Kier alpha value is -1.25. The number of nitrogens with two attached hydrogens (primary N) is 1. The van der Waals surface area contributed by atoms with Gasteiger partial charge in [-0.1, -0.05) is 20.8 Å². The number of nitrogens with zero attached hydrogens (tertiary/aromatic N) is 1. The van der Waals surface area contributed by atoms with Crippen molar-refractivity contribution < 1.29 is 4.74 Å². The molecule has 0 radical (unpaired) electrons. The molecule has 3 nitrogen and oxygen atoms in total. The summed E-state index contributed by atoms with van der Waals surface area (Å²) in [5.41, 5.74) is 8.01. The van der Waals surface area contributed by atoms with E-state index in [4.69, 9.17) is 10.5 Å². The molecule has 1 aromatic heterocycles. The first-order chi connectivity index (χ1) is 8.35. The Labute approximate surface area is 110 Å². The first kappa shape index (κ1) is 13.2. The van der Waals surface area contributed by atoms with E-state index in [-0.39, 0.29) is 6.10 Å². The predicted molar refractivity (Wildman–Crippen MR) is 74.6 cm³/mol. The van der Waals surface area contributed by atoms with Gasteiger partial charge >= 0.3 is 0 Å². The number of aryl methyl sites for hydroxylation is 1. The molecule has 0 bridgehead atoms. The highest BCUT2D eigenvalue weighted by atomic mass is 16.5. The van der Waals surface area contributed by atoms with Crippen molar-refractivity contribution in [2.75, 3.05) is 5.73 Å². The molecule has 1 aromatic rings. The van der Waals surface area contributed by atoms with Crippen LogP contribution in [0.25, 0.3) is 0 Å². The van der Waals surface area contributed by atoms with E-state index in [9.17, 15) is 0 Å². The van der Waals surface area contributed by atoms with Crippen LogP contribution in [-0.2, 0) is 0 Å². The Morgan fingerprint density at radius 2 is 2.11 bits per heavy atom. The minimum absolute atomic E-state index is 0.237. The summed E-state index contributed by atoms with van der Waals surface area (Å²) in [6.07, 6.45) is 5.48. The molecule has 2 rings (SSSR count). The van der Waals surface area contributed by atoms with Crippen molar-refractivity contribution >= 4 is 5.69 Å². The number of pyridine rings is 1. The Bertz CT molecular complexity index is 429. The van der Waals surface area contributed by atoms with Gasteiger partial charge in [0, 0.05) is 6.20 Å². The summed E-state index contributed by atoms with van der Waals surface area (Å²) in [4.78, 5) is 4.30. The molecule has 3 heteroatoms. The topological polar surface area (TPSA) is 48.1 Å². The predicted octanol–water partition coefficient (Wildman–Crippen LogP) is 3.57. The van der Waals surface area contributed by atoms with Gasteiger partial charge in [0.15, 0.2) is 0 Å². The standard InChI is InChI=1S/C15H24N2O/c1-10-5-12(8-15(3,4)7-10)18-14-13(16)6-11(2)9-17-14/h6,9-10,12H,5,7-8,16H2,1-4H3. The Morgan fingerprint density at radius 3 is 2.72 bits per heavy atom. The molecule has 2 unspecified atom stereocenters. The molecule has 0 amide bonds. The summed E-state index contributed by atoms with van der Waals surface area (Å²) >= 11 is 0. The normalized spacial score (nSPS) is 26.9. The molecule has 2 N–H and O–H groups in total. The Morgan fingerprint density at radius 1 is 1.39 bits per heavy atom. The number of ether oxygens (including phenoxy) is 1. The molecule has 18 heavy (non-hydrogen) atoms. The van der Waals surface area contributed by atoms with Crippen molar-refractivity contribution in [1.82, 2.24) is 4.98 Å². The third-order valence-corrected chi connectivity index (χ3v) is 3.64. The number of aromatic nitrogens is 1. The molecule has 1 fully saturated rings. The van der Waals surface area contributed by atoms with Crippen LogP contribution in [-0.4, -0.2) is 11.1 Å². The van der Waals surface area contributed by atoms with Crippen molar-refractivity contribution in [3.05, 3.63) is 17.8 Å². The number of hydrogen-bond acceptors (Lipinski definition) is 3. The van der Waals surface area contributed by atoms with Crippen molar-refractivity contribution in [1.29, 1.82) is 0 Å². The Kier molecular flexibility index (Phi) is 3.51. The smallest absolute Gasteiger partial charge is 0.237 e. The lowest BCUT2D eigenvalue weighted by Gasteiger charge is -2.38. The summed E-state index contributed by atoms with van der Waals surface area (Å²) in [6, 6.07) is 1.92. The van der Waals surface area contributed by atoms with E-state index in [1.54, 1.807) is 0 Å². The largest absolute Gasteiger partial charge is 0.473 e. The molecule has 0 aromatic carbocycles. The van der Waals surface area contributed by atoms with Gasteiger partial charge in [-0.25, -0.2) is 4.98 Å². The van der Waals surface area contributed by atoms with Crippen LogP contribution < -0.4 is 10.5 Å². The van der Waals surface area contributed by atoms with Gasteiger partial charge in [0.1, 0.15) is 6.10 Å². The van der Waals surface area contributed by atoms with Gasteiger partial charge in [-0.15, -0.1) is 0 Å². The van der Waals surface area contributed by atoms with Gasteiger partial charge in [-0.3, -0.25) is 0 Å². The summed E-state index contributed by atoms with van der Waals surface area (Å²) in [7, 11) is 0. The molecule has 0 aliphatic heterocycles. The van der Waals surface area contributed by atoms with Crippen LogP contribution in [0.5, 0.6) is 5.88 Å². The zero-order valence-electron chi connectivity index (χ0n) is 11.9. The van der Waals surface area contributed by atoms with Crippen molar-refractivity contribution in [2.24, 2.45) is 11.3 Å². The van der Waals surface area contributed by atoms with Crippen LogP contribution in [0.3, 0.4) is 0 Å². The van der Waals surface area contributed by atoms with Crippen molar-refractivity contribution in [3.63, 3.8) is 0 Å². The van der Waals surface area contributed by atoms with Crippen LogP contribution in [0, 0.1) is 18.3 Å². The highest BCUT2D eigenvalue weighted by Gasteiger charge is 2.33. The van der Waals surface area contributed by atoms with Gasteiger partial charge in [0.25, 0.3) is 0 Å². The molecule has 1 aliphatic rings. The third-order valence-electron chi connectivity index (χ3n) is 3.64. The van der Waals surface area contributed by atoms with Crippen LogP contribution >= 0.6 is 0 Å².